The lowest BCUT2D eigenvalue weighted by Gasteiger charge is -1.88. The number of carbonyl (C=O) groups is 1. The van der Waals surface area contributed by atoms with E-state index in [1.54, 1.807) is 0 Å². The maximum atomic E-state index is 10.3. The Morgan fingerprint density at radius 1 is 0.800 bits per heavy atom. The molecule has 0 bridgehead atoms. The first kappa shape index (κ1) is 18.4. The highest BCUT2D eigenvalue weighted by Crippen LogP contribution is 1.97. The van der Waals surface area contributed by atoms with Gasteiger partial charge < -0.3 is 10.8 Å². The predicted octanol–water partition coefficient (Wildman–Crippen LogP) is 3.99. The van der Waals surface area contributed by atoms with E-state index in [0.29, 0.717) is 6.42 Å². The molecule has 0 fully saturated rings. The van der Waals surface area contributed by atoms with Gasteiger partial charge in [-0.25, -0.2) is 0 Å². The molecule has 20 heavy (non-hydrogen) atoms. The van der Waals surface area contributed by atoms with Crippen molar-refractivity contribution in [3.63, 3.8) is 0 Å². The van der Waals surface area contributed by atoms with Crippen molar-refractivity contribution in [3.8, 4) is 0 Å². The van der Waals surface area contributed by atoms with E-state index in [4.69, 9.17) is 10.8 Å². The number of hydrogen-bond acceptors (Lipinski definition) is 2. The van der Waals surface area contributed by atoms with Gasteiger partial charge in [0, 0.05) is 6.42 Å². The first-order valence-electron chi connectivity index (χ1n) is 7.29. The van der Waals surface area contributed by atoms with Crippen LogP contribution in [0.3, 0.4) is 0 Å². The third-order valence-electron chi connectivity index (χ3n) is 2.58. The largest absolute Gasteiger partial charge is 0.481 e. The van der Waals surface area contributed by atoms with E-state index < -0.39 is 5.97 Å². The molecule has 3 heteroatoms. The van der Waals surface area contributed by atoms with E-state index >= 15 is 0 Å². The van der Waals surface area contributed by atoms with Gasteiger partial charge in [-0.05, 0) is 45.1 Å². The Bertz CT molecular complexity index is 341. The van der Waals surface area contributed by atoms with Crippen LogP contribution in [0.4, 0.5) is 0 Å². The summed E-state index contributed by atoms with van der Waals surface area (Å²) in [4.78, 5) is 10.3. The second-order valence-corrected chi connectivity index (χ2v) is 4.46. The van der Waals surface area contributed by atoms with Crippen molar-refractivity contribution < 1.29 is 9.90 Å². The molecule has 0 unspecified atom stereocenters. The molecule has 0 aliphatic carbocycles. The molecule has 0 amide bonds. The molecule has 0 atom stereocenters. The van der Waals surface area contributed by atoms with Crippen LogP contribution in [0, 0.1) is 0 Å². The molecule has 0 aliphatic rings. The van der Waals surface area contributed by atoms with Crippen LogP contribution >= 0.6 is 0 Å². The van der Waals surface area contributed by atoms with Crippen LogP contribution < -0.4 is 5.73 Å². The Kier molecular flexibility index (Phi) is 14.2. The predicted molar refractivity (Wildman–Crippen MR) is 85.6 cm³/mol. The average Bonchev–Trinajstić information content (AvgIpc) is 2.43. The number of carboxylic acids is 1. The van der Waals surface area contributed by atoms with Gasteiger partial charge >= 0.3 is 5.97 Å². The highest BCUT2D eigenvalue weighted by molar-refractivity contribution is 5.66. The fraction of sp³-hybridized carbons (Fsp3) is 0.471. The number of nitrogens with two attached hydrogens (primary N) is 1. The third-order valence-corrected chi connectivity index (χ3v) is 2.58. The van der Waals surface area contributed by atoms with Crippen LogP contribution in [0.25, 0.3) is 0 Å². The van der Waals surface area contributed by atoms with Gasteiger partial charge in [-0.2, -0.15) is 0 Å². The summed E-state index contributed by atoms with van der Waals surface area (Å²) in [7, 11) is 0. The molecular weight excluding hydrogens is 250 g/mol. The fourth-order valence-corrected chi connectivity index (χ4v) is 1.49. The minimum Gasteiger partial charge on any atom is -0.481 e. The second-order valence-electron chi connectivity index (χ2n) is 4.46. The summed E-state index contributed by atoms with van der Waals surface area (Å²) in [6, 6.07) is 0. The van der Waals surface area contributed by atoms with E-state index in [1.165, 1.54) is 0 Å². The zero-order chi connectivity index (χ0) is 14.9. The number of aliphatic carboxylic acids is 1. The zero-order valence-corrected chi connectivity index (χ0v) is 12.2. The average molecular weight is 277 g/mol. The highest BCUT2D eigenvalue weighted by atomic mass is 16.4. The number of rotatable bonds is 12. The molecule has 0 aromatic heterocycles. The van der Waals surface area contributed by atoms with Crippen molar-refractivity contribution in [1.29, 1.82) is 0 Å². The summed E-state index contributed by atoms with van der Waals surface area (Å²) in [5.41, 5.74) is 5.40. The van der Waals surface area contributed by atoms with Gasteiger partial charge in [0.05, 0.1) is 0 Å². The smallest absolute Gasteiger partial charge is 0.303 e. The Balaban J connectivity index is 3.42. The Morgan fingerprint density at radius 2 is 1.25 bits per heavy atom. The van der Waals surface area contributed by atoms with Crippen LogP contribution in [-0.4, -0.2) is 17.6 Å². The molecule has 0 aliphatic heterocycles. The summed E-state index contributed by atoms with van der Waals surface area (Å²) in [5.74, 6) is -0.743. The quantitative estimate of drug-likeness (QED) is 0.419. The standard InChI is InChI=1S/C17H27NO2/c18-16-14-12-10-8-6-4-2-1-3-5-7-9-11-13-15-17(19)20/h2-5,8-11H,1,6-7,12-16,18H2,(H,19,20)/b4-2+,5-3+,10-8+,11-9+. The van der Waals surface area contributed by atoms with E-state index in [9.17, 15) is 4.79 Å². The third kappa shape index (κ3) is 16.4. The minimum absolute atomic E-state index is 0.210. The fourth-order valence-electron chi connectivity index (χ4n) is 1.49. The minimum atomic E-state index is -0.743. The Morgan fingerprint density at radius 3 is 1.70 bits per heavy atom. The summed E-state index contributed by atoms with van der Waals surface area (Å²) >= 11 is 0. The van der Waals surface area contributed by atoms with Crippen molar-refractivity contribution >= 4 is 5.97 Å². The van der Waals surface area contributed by atoms with Crippen LogP contribution in [-0.2, 0) is 4.79 Å². The second kappa shape index (κ2) is 15.4. The van der Waals surface area contributed by atoms with Crippen LogP contribution in [0.15, 0.2) is 48.6 Å². The molecule has 0 aromatic carbocycles. The number of unbranched alkanes of at least 4 members (excludes halogenated alkanes) is 1. The van der Waals surface area contributed by atoms with Gasteiger partial charge in [0.2, 0.25) is 0 Å². The molecule has 0 aromatic rings. The molecule has 3 N–H and O–H groups in total. The monoisotopic (exact) mass is 277 g/mol. The maximum absolute atomic E-state index is 10.3. The van der Waals surface area contributed by atoms with Crippen molar-refractivity contribution in [3.05, 3.63) is 48.6 Å². The molecule has 112 valence electrons. The molecule has 0 spiro atoms. The summed E-state index contributed by atoms with van der Waals surface area (Å²) < 4.78 is 0. The molecular formula is C17H27NO2. The number of hydrogen-bond donors (Lipinski definition) is 2. The Hall–Kier alpha value is -1.61. The van der Waals surface area contributed by atoms with E-state index in [1.807, 2.05) is 12.2 Å². The molecule has 0 heterocycles. The van der Waals surface area contributed by atoms with Crippen LogP contribution in [0.1, 0.15) is 44.9 Å². The van der Waals surface area contributed by atoms with E-state index in [-0.39, 0.29) is 6.42 Å². The van der Waals surface area contributed by atoms with E-state index in [2.05, 4.69) is 36.5 Å². The molecule has 0 rings (SSSR count). The molecule has 3 nitrogen and oxygen atoms in total. The summed E-state index contributed by atoms with van der Waals surface area (Å²) in [6.07, 6.45) is 22.5. The lowest BCUT2D eigenvalue weighted by atomic mass is 10.2. The van der Waals surface area contributed by atoms with Crippen molar-refractivity contribution in [2.45, 2.75) is 44.9 Å². The van der Waals surface area contributed by atoms with Gasteiger partial charge in [0.1, 0.15) is 0 Å². The van der Waals surface area contributed by atoms with Gasteiger partial charge in [-0.3, -0.25) is 4.79 Å². The maximum Gasteiger partial charge on any atom is 0.303 e. The number of carboxylic acid groups (broad SMARTS) is 1. The lowest BCUT2D eigenvalue weighted by molar-refractivity contribution is -0.136. The van der Waals surface area contributed by atoms with Crippen LogP contribution in [0.2, 0.25) is 0 Å². The first-order valence-corrected chi connectivity index (χ1v) is 7.29. The van der Waals surface area contributed by atoms with Gasteiger partial charge in [0.15, 0.2) is 0 Å². The normalized spacial score (nSPS) is 12.4. The highest BCUT2D eigenvalue weighted by Gasteiger charge is 1.90. The Labute approximate surface area is 122 Å². The van der Waals surface area contributed by atoms with Crippen molar-refractivity contribution in [1.82, 2.24) is 0 Å². The van der Waals surface area contributed by atoms with Gasteiger partial charge in [-0.15, -0.1) is 0 Å². The first-order chi connectivity index (χ1) is 9.77. The van der Waals surface area contributed by atoms with Gasteiger partial charge in [0.25, 0.3) is 0 Å². The topological polar surface area (TPSA) is 63.3 Å². The zero-order valence-electron chi connectivity index (χ0n) is 12.2. The van der Waals surface area contributed by atoms with E-state index in [0.717, 1.165) is 38.6 Å². The summed E-state index contributed by atoms with van der Waals surface area (Å²) in [5, 5.41) is 8.45. The van der Waals surface area contributed by atoms with Crippen molar-refractivity contribution in [2.75, 3.05) is 6.54 Å². The summed E-state index contributed by atoms with van der Waals surface area (Å²) in [6.45, 7) is 0.760. The lowest BCUT2D eigenvalue weighted by Crippen LogP contribution is -1.96. The number of allylic oxidation sites excluding steroid dienone is 8. The molecule has 0 radical (unpaired) electrons. The van der Waals surface area contributed by atoms with Crippen molar-refractivity contribution in [2.24, 2.45) is 5.73 Å². The van der Waals surface area contributed by atoms with Crippen LogP contribution in [0.5, 0.6) is 0 Å². The molecule has 0 saturated heterocycles. The van der Waals surface area contributed by atoms with Gasteiger partial charge in [-0.1, -0.05) is 48.6 Å². The molecule has 0 saturated carbocycles. The SMILES string of the molecule is NCCC/C=C/C/C=C/C/C=C/C/C=C/CCC(=O)O.